The molecule has 6 nitrogen and oxygen atoms in total. The first-order chi connectivity index (χ1) is 8.74. The Bertz CT molecular complexity index is 554. The summed E-state index contributed by atoms with van der Waals surface area (Å²) in [5, 5.41) is 14.2. The summed E-state index contributed by atoms with van der Waals surface area (Å²) in [6.45, 7) is 0. The van der Waals surface area contributed by atoms with E-state index in [4.69, 9.17) is 10.5 Å². The number of rotatable bonds is 2. The van der Waals surface area contributed by atoms with Gasteiger partial charge in [-0.1, -0.05) is 11.3 Å². The number of tetrazole rings is 1. The summed E-state index contributed by atoms with van der Waals surface area (Å²) < 4.78 is 5.25. The molecular formula is C12H15N5O. The number of hydrogen-bond acceptors (Lipinski definition) is 5. The Morgan fingerprint density at radius 1 is 1.44 bits per heavy atom. The van der Waals surface area contributed by atoms with Crippen LogP contribution in [0.15, 0.2) is 18.2 Å². The zero-order valence-corrected chi connectivity index (χ0v) is 10.2. The number of H-pyrrole nitrogens is 1. The number of benzene rings is 1. The number of aromatic amines is 1. The molecule has 18 heavy (non-hydrogen) atoms. The Balaban J connectivity index is 2.12. The number of methoxy groups -OCH3 is 1. The van der Waals surface area contributed by atoms with Gasteiger partial charge >= 0.3 is 0 Å². The van der Waals surface area contributed by atoms with Crippen LogP contribution in [0, 0.1) is 0 Å². The molecule has 0 saturated heterocycles. The summed E-state index contributed by atoms with van der Waals surface area (Å²) in [6, 6.07) is 5.96. The smallest absolute Gasteiger partial charge is 0.198 e. The van der Waals surface area contributed by atoms with E-state index >= 15 is 0 Å². The number of nitrogens with zero attached hydrogens (tertiary/aromatic N) is 3. The maximum absolute atomic E-state index is 6.50. The van der Waals surface area contributed by atoms with Gasteiger partial charge in [-0.25, -0.2) is 0 Å². The fraction of sp³-hybridized carbons (Fsp3) is 0.417. The highest BCUT2D eigenvalue weighted by Crippen LogP contribution is 2.37. The van der Waals surface area contributed by atoms with E-state index in [1.165, 1.54) is 5.56 Å². The van der Waals surface area contributed by atoms with Gasteiger partial charge in [-0.2, -0.15) is 5.21 Å². The Morgan fingerprint density at radius 2 is 2.33 bits per heavy atom. The third-order valence-electron chi connectivity index (χ3n) is 3.55. The molecule has 0 fully saturated rings. The van der Waals surface area contributed by atoms with Gasteiger partial charge in [-0.05, 0) is 42.5 Å². The molecule has 0 spiro atoms. The minimum absolute atomic E-state index is 0.550. The zero-order chi connectivity index (χ0) is 12.6. The molecule has 6 heteroatoms. The van der Waals surface area contributed by atoms with E-state index in [1.807, 2.05) is 18.2 Å². The predicted octanol–water partition coefficient (Wildman–Crippen LogP) is 0.747. The topological polar surface area (TPSA) is 89.7 Å². The lowest BCUT2D eigenvalue weighted by molar-refractivity contribution is 0.402. The van der Waals surface area contributed by atoms with Gasteiger partial charge in [-0.3, -0.25) is 0 Å². The molecule has 1 heterocycles. The first-order valence-electron chi connectivity index (χ1n) is 5.94. The first kappa shape index (κ1) is 11.2. The molecule has 0 radical (unpaired) electrons. The van der Waals surface area contributed by atoms with Crippen molar-refractivity contribution >= 4 is 0 Å². The first-order valence-corrected chi connectivity index (χ1v) is 5.94. The van der Waals surface area contributed by atoms with Gasteiger partial charge in [0.25, 0.3) is 0 Å². The quantitative estimate of drug-likeness (QED) is 0.814. The second-order valence-electron chi connectivity index (χ2n) is 4.58. The van der Waals surface area contributed by atoms with Crippen molar-refractivity contribution in [1.82, 2.24) is 20.6 Å². The summed E-state index contributed by atoms with van der Waals surface area (Å²) in [4.78, 5) is 0. The average Bonchev–Trinajstić information content (AvgIpc) is 2.93. The van der Waals surface area contributed by atoms with Gasteiger partial charge in [0.15, 0.2) is 5.82 Å². The Kier molecular flexibility index (Phi) is 2.52. The van der Waals surface area contributed by atoms with Crippen LogP contribution in [0.2, 0.25) is 0 Å². The van der Waals surface area contributed by atoms with E-state index in [0.717, 1.165) is 30.6 Å². The van der Waals surface area contributed by atoms with Crippen molar-refractivity contribution < 1.29 is 4.74 Å². The van der Waals surface area contributed by atoms with Gasteiger partial charge in [0.05, 0.1) is 7.11 Å². The van der Waals surface area contributed by atoms with E-state index < -0.39 is 5.54 Å². The van der Waals surface area contributed by atoms with Crippen LogP contribution in [0.5, 0.6) is 5.75 Å². The second kappa shape index (κ2) is 4.06. The molecular weight excluding hydrogens is 230 g/mol. The number of nitrogens with one attached hydrogen (secondary N) is 1. The molecule has 2 aromatic rings. The Hall–Kier alpha value is -1.95. The molecule has 1 aromatic carbocycles. The van der Waals surface area contributed by atoms with E-state index in [1.54, 1.807) is 7.11 Å². The van der Waals surface area contributed by atoms with Crippen LogP contribution >= 0.6 is 0 Å². The molecule has 94 valence electrons. The molecule has 0 saturated carbocycles. The fourth-order valence-corrected chi connectivity index (χ4v) is 2.61. The monoisotopic (exact) mass is 245 g/mol. The predicted molar refractivity (Wildman–Crippen MR) is 65.1 cm³/mol. The largest absolute Gasteiger partial charge is 0.497 e. The third-order valence-corrected chi connectivity index (χ3v) is 3.55. The molecule has 1 aliphatic rings. The summed E-state index contributed by atoms with van der Waals surface area (Å²) >= 11 is 0. The second-order valence-corrected chi connectivity index (χ2v) is 4.58. The summed E-state index contributed by atoms with van der Waals surface area (Å²) in [7, 11) is 1.67. The molecule has 3 rings (SSSR count). The lowest BCUT2D eigenvalue weighted by Gasteiger charge is -2.33. The number of ether oxygens (including phenoxy) is 1. The highest BCUT2D eigenvalue weighted by Gasteiger charge is 2.38. The van der Waals surface area contributed by atoms with Gasteiger partial charge < -0.3 is 10.5 Å². The van der Waals surface area contributed by atoms with Gasteiger partial charge in [-0.15, -0.1) is 10.2 Å². The number of hydrogen-bond donors (Lipinski definition) is 2. The molecule has 0 amide bonds. The molecule has 1 unspecified atom stereocenters. The third kappa shape index (κ3) is 1.57. The highest BCUT2D eigenvalue weighted by atomic mass is 16.5. The van der Waals surface area contributed by atoms with Crippen molar-refractivity contribution in [1.29, 1.82) is 0 Å². The minimum atomic E-state index is -0.646. The summed E-state index contributed by atoms with van der Waals surface area (Å²) in [6.07, 6.45) is 2.83. The normalized spacial score (nSPS) is 22.6. The van der Waals surface area contributed by atoms with E-state index in [-0.39, 0.29) is 0 Å². The minimum Gasteiger partial charge on any atom is -0.497 e. The Labute approximate surface area is 105 Å². The van der Waals surface area contributed by atoms with Crippen LogP contribution in [0.1, 0.15) is 29.8 Å². The van der Waals surface area contributed by atoms with Crippen molar-refractivity contribution in [2.45, 2.75) is 24.8 Å². The van der Waals surface area contributed by atoms with Crippen LogP contribution in [-0.4, -0.2) is 27.7 Å². The molecule has 1 aromatic heterocycles. The zero-order valence-electron chi connectivity index (χ0n) is 10.2. The molecule has 1 atom stereocenters. The highest BCUT2D eigenvalue weighted by molar-refractivity contribution is 5.44. The number of aromatic nitrogens is 4. The van der Waals surface area contributed by atoms with E-state index in [2.05, 4.69) is 20.6 Å². The fourth-order valence-electron chi connectivity index (χ4n) is 2.61. The van der Waals surface area contributed by atoms with Gasteiger partial charge in [0.1, 0.15) is 11.3 Å². The van der Waals surface area contributed by atoms with Gasteiger partial charge in [0, 0.05) is 0 Å². The maximum Gasteiger partial charge on any atom is 0.198 e. The van der Waals surface area contributed by atoms with E-state index in [9.17, 15) is 0 Å². The van der Waals surface area contributed by atoms with Crippen LogP contribution in [0.3, 0.4) is 0 Å². The number of aryl methyl sites for hydroxylation is 1. The van der Waals surface area contributed by atoms with Crippen LogP contribution in [-0.2, 0) is 12.0 Å². The lowest BCUT2D eigenvalue weighted by atomic mass is 9.76. The summed E-state index contributed by atoms with van der Waals surface area (Å²) in [5.74, 6) is 1.40. The lowest BCUT2D eigenvalue weighted by Crippen LogP contribution is -2.42. The SMILES string of the molecule is COc1ccc2c(c1)CCCC2(N)c1nn[nH]n1. The van der Waals surface area contributed by atoms with Crippen LogP contribution in [0.25, 0.3) is 0 Å². The Morgan fingerprint density at radius 3 is 3.06 bits per heavy atom. The summed E-state index contributed by atoms with van der Waals surface area (Å²) in [5.41, 5.74) is 8.12. The van der Waals surface area contributed by atoms with Crippen LogP contribution < -0.4 is 10.5 Å². The molecule has 3 N–H and O–H groups in total. The molecule has 0 bridgehead atoms. The van der Waals surface area contributed by atoms with Crippen LogP contribution in [0.4, 0.5) is 0 Å². The van der Waals surface area contributed by atoms with Crippen molar-refractivity contribution in [3.63, 3.8) is 0 Å². The molecule has 0 aliphatic heterocycles. The van der Waals surface area contributed by atoms with Crippen molar-refractivity contribution in [3.05, 3.63) is 35.2 Å². The number of nitrogens with two attached hydrogens (primary N) is 1. The average molecular weight is 245 g/mol. The van der Waals surface area contributed by atoms with Crippen molar-refractivity contribution in [2.75, 3.05) is 7.11 Å². The molecule has 1 aliphatic carbocycles. The standard InChI is InChI=1S/C12H15N5O/c1-18-9-4-5-10-8(7-9)3-2-6-12(10,13)11-14-16-17-15-11/h4-5,7H,2-3,6,13H2,1H3,(H,14,15,16,17). The van der Waals surface area contributed by atoms with Crippen molar-refractivity contribution in [3.8, 4) is 5.75 Å². The van der Waals surface area contributed by atoms with Gasteiger partial charge in [0.2, 0.25) is 0 Å². The maximum atomic E-state index is 6.50. The number of fused-ring (bicyclic) bond motifs is 1. The van der Waals surface area contributed by atoms with Crippen molar-refractivity contribution in [2.24, 2.45) is 5.73 Å². The van der Waals surface area contributed by atoms with E-state index in [0.29, 0.717) is 5.82 Å².